The summed E-state index contributed by atoms with van der Waals surface area (Å²) in [7, 11) is 0. The SMILES string of the molecule is O=c1c2cnc3nc4ccccc4n3c2ccn1-c1ccc(C(F)(F)F)cc1. The molecule has 2 aromatic carbocycles. The van der Waals surface area contributed by atoms with Crippen LogP contribution in [0.5, 0.6) is 0 Å². The maximum Gasteiger partial charge on any atom is 0.416 e. The Morgan fingerprint density at radius 1 is 0.893 bits per heavy atom. The van der Waals surface area contributed by atoms with Gasteiger partial charge in [0.05, 0.1) is 27.5 Å². The van der Waals surface area contributed by atoms with Gasteiger partial charge in [0.25, 0.3) is 5.56 Å². The maximum absolute atomic E-state index is 13.0. The molecule has 0 fully saturated rings. The molecule has 0 amide bonds. The quantitative estimate of drug-likeness (QED) is 0.438. The zero-order valence-electron chi connectivity index (χ0n) is 14.2. The van der Waals surface area contributed by atoms with Gasteiger partial charge < -0.3 is 0 Å². The van der Waals surface area contributed by atoms with Crippen molar-refractivity contribution in [2.45, 2.75) is 6.18 Å². The second kappa shape index (κ2) is 5.66. The molecule has 5 nitrogen and oxygen atoms in total. The third kappa shape index (κ3) is 2.38. The summed E-state index contributed by atoms with van der Waals surface area (Å²) in [5.41, 5.74) is 1.42. The van der Waals surface area contributed by atoms with E-state index in [9.17, 15) is 18.0 Å². The number of imidazole rings is 1. The number of fused-ring (bicyclic) bond motifs is 5. The van der Waals surface area contributed by atoms with Gasteiger partial charge >= 0.3 is 6.18 Å². The largest absolute Gasteiger partial charge is 0.416 e. The van der Waals surface area contributed by atoms with Gasteiger partial charge in [0.1, 0.15) is 0 Å². The van der Waals surface area contributed by atoms with Crippen molar-refractivity contribution in [1.82, 2.24) is 18.9 Å². The summed E-state index contributed by atoms with van der Waals surface area (Å²) < 4.78 is 41.4. The van der Waals surface area contributed by atoms with E-state index in [0.717, 1.165) is 23.2 Å². The van der Waals surface area contributed by atoms with Crippen molar-refractivity contribution in [1.29, 1.82) is 0 Å². The molecule has 0 aliphatic rings. The average Bonchev–Trinajstić information content (AvgIpc) is 3.07. The zero-order chi connectivity index (χ0) is 19.5. The summed E-state index contributed by atoms with van der Waals surface area (Å²) in [6.07, 6.45) is -1.44. The number of benzene rings is 2. The lowest BCUT2D eigenvalue weighted by Crippen LogP contribution is -2.19. The Bertz CT molecular complexity index is 1420. The number of halogens is 3. The van der Waals surface area contributed by atoms with Crippen molar-refractivity contribution in [2.24, 2.45) is 0 Å². The Morgan fingerprint density at radius 3 is 2.39 bits per heavy atom. The van der Waals surface area contributed by atoms with Crippen LogP contribution in [-0.2, 0) is 6.18 Å². The number of rotatable bonds is 1. The molecule has 8 heteroatoms. The van der Waals surface area contributed by atoms with E-state index in [1.165, 1.54) is 22.9 Å². The van der Waals surface area contributed by atoms with E-state index in [4.69, 9.17) is 0 Å². The predicted octanol–water partition coefficient (Wildman–Crippen LogP) is 4.21. The Labute approximate surface area is 155 Å². The first kappa shape index (κ1) is 16.5. The summed E-state index contributed by atoms with van der Waals surface area (Å²) in [5, 5.41) is 0.345. The molecular weight excluding hydrogens is 369 g/mol. The Hall–Kier alpha value is -3.68. The van der Waals surface area contributed by atoms with Gasteiger partial charge in [-0.25, -0.2) is 9.97 Å². The predicted molar refractivity (Wildman–Crippen MR) is 98.6 cm³/mol. The van der Waals surface area contributed by atoms with Gasteiger partial charge in [-0.15, -0.1) is 0 Å². The van der Waals surface area contributed by atoms with E-state index >= 15 is 0 Å². The lowest BCUT2D eigenvalue weighted by Gasteiger charge is -2.10. The lowest BCUT2D eigenvalue weighted by atomic mass is 10.2. The van der Waals surface area contributed by atoms with E-state index in [-0.39, 0.29) is 5.56 Å². The topological polar surface area (TPSA) is 52.2 Å². The fourth-order valence-electron chi connectivity index (χ4n) is 3.33. The highest BCUT2D eigenvalue weighted by atomic mass is 19.4. The number of nitrogens with zero attached hydrogens (tertiary/aromatic N) is 4. The van der Waals surface area contributed by atoms with Crippen LogP contribution in [0, 0.1) is 0 Å². The molecule has 0 atom stereocenters. The highest BCUT2D eigenvalue weighted by Gasteiger charge is 2.30. The van der Waals surface area contributed by atoms with Crippen LogP contribution in [0.3, 0.4) is 0 Å². The molecule has 0 aliphatic carbocycles. The second-order valence-corrected chi connectivity index (χ2v) is 6.33. The maximum atomic E-state index is 13.0. The third-order valence-corrected chi connectivity index (χ3v) is 4.67. The lowest BCUT2D eigenvalue weighted by molar-refractivity contribution is -0.137. The molecule has 0 saturated carbocycles. The van der Waals surface area contributed by atoms with Crippen LogP contribution in [0.25, 0.3) is 33.4 Å². The molecule has 3 aromatic heterocycles. The smallest absolute Gasteiger partial charge is 0.284 e. The number of aromatic nitrogens is 4. The van der Waals surface area contributed by atoms with Crippen LogP contribution in [0.1, 0.15) is 5.56 Å². The Morgan fingerprint density at radius 2 is 1.64 bits per heavy atom. The van der Waals surface area contributed by atoms with Crippen molar-refractivity contribution in [3.05, 3.63) is 82.9 Å². The van der Waals surface area contributed by atoms with Crippen LogP contribution < -0.4 is 5.56 Å². The van der Waals surface area contributed by atoms with Crippen molar-refractivity contribution < 1.29 is 13.2 Å². The first-order chi connectivity index (χ1) is 13.4. The van der Waals surface area contributed by atoms with E-state index < -0.39 is 11.7 Å². The van der Waals surface area contributed by atoms with Crippen LogP contribution in [0.4, 0.5) is 13.2 Å². The number of para-hydroxylation sites is 2. The number of hydrogen-bond acceptors (Lipinski definition) is 3. The standard InChI is InChI=1S/C20H11F3N4O/c21-20(22,23)12-5-7-13(8-6-12)26-10-9-16-14(18(26)28)11-24-19-25-15-3-1-2-4-17(15)27(16)19/h1-11H. The molecule has 0 saturated heterocycles. The minimum atomic E-state index is -4.43. The van der Waals surface area contributed by atoms with Crippen molar-refractivity contribution in [3.8, 4) is 5.69 Å². The van der Waals surface area contributed by atoms with Gasteiger partial charge in [-0.2, -0.15) is 13.2 Å². The minimum absolute atomic E-state index is 0.343. The fraction of sp³-hybridized carbons (Fsp3) is 0.0500. The van der Waals surface area contributed by atoms with Gasteiger partial charge in [0.2, 0.25) is 5.78 Å². The van der Waals surface area contributed by atoms with E-state index in [2.05, 4.69) is 9.97 Å². The number of hydrogen-bond donors (Lipinski definition) is 0. The van der Waals surface area contributed by atoms with Gasteiger partial charge in [0.15, 0.2) is 0 Å². The molecule has 5 rings (SSSR count). The van der Waals surface area contributed by atoms with Gasteiger partial charge in [0, 0.05) is 18.1 Å². The van der Waals surface area contributed by atoms with E-state index in [1.54, 1.807) is 16.7 Å². The molecule has 0 radical (unpaired) electrons. The van der Waals surface area contributed by atoms with Gasteiger partial charge in [-0.05, 0) is 42.5 Å². The van der Waals surface area contributed by atoms with Crippen LogP contribution in [0.2, 0.25) is 0 Å². The summed E-state index contributed by atoms with van der Waals surface area (Å²) in [4.78, 5) is 21.7. The fourth-order valence-corrected chi connectivity index (χ4v) is 3.33. The molecule has 28 heavy (non-hydrogen) atoms. The van der Waals surface area contributed by atoms with E-state index in [1.807, 2.05) is 24.3 Å². The van der Waals surface area contributed by atoms with Gasteiger partial charge in [-0.1, -0.05) is 12.1 Å². The number of alkyl halides is 3. The monoisotopic (exact) mass is 380 g/mol. The van der Waals surface area contributed by atoms with Crippen molar-refractivity contribution in [3.63, 3.8) is 0 Å². The van der Waals surface area contributed by atoms with Gasteiger partial charge in [-0.3, -0.25) is 13.8 Å². The highest BCUT2D eigenvalue weighted by Crippen LogP contribution is 2.29. The molecular formula is C20H11F3N4O. The molecule has 0 bridgehead atoms. The van der Waals surface area contributed by atoms with Crippen LogP contribution >= 0.6 is 0 Å². The first-order valence-electron chi connectivity index (χ1n) is 8.39. The first-order valence-corrected chi connectivity index (χ1v) is 8.39. The summed E-state index contributed by atoms with van der Waals surface area (Å²) in [6.45, 7) is 0. The van der Waals surface area contributed by atoms with Crippen LogP contribution in [0.15, 0.2) is 71.8 Å². The Balaban J connectivity index is 1.74. The van der Waals surface area contributed by atoms with Crippen molar-refractivity contribution in [2.75, 3.05) is 0 Å². The molecule has 138 valence electrons. The summed E-state index contributed by atoms with van der Waals surface area (Å²) in [6, 6.07) is 13.7. The highest BCUT2D eigenvalue weighted by molar-refractivity contribution is 5.88. The second-order valence-electron chi connectivity index (χ2n) is 6.33. The third-order valence-electron chi connectivity index (χ3n) is 4.67. The summed E-state index contributed by atoms with van der Waals surface area (Å²) >= 11 is 0. The Kier molecular flexibility index (Phi) is 3.33. The molecule has 0 aliphatic heterocycles. The number of pyridine rings is 1. The average molecular weight is 380 g/mol. The normalized spacial score (nSPS) is 12.2. The van der Waals surface area contributed by atoms with E-state index in [0.29, 0.717) is 22.4 Å². The molecule has 5 aromatic rings. The molecule has 3 heterocycles. The molecule has 0 unspecified atom stereocenters. The van der Waals surface area contributed by atoms with Crippen molar-refractivity contribution >= 4 is 27.7 Å². The van der Waals surface area contributed by atoms with Crippen LogP contribution in [-0.4, -0.2) is 18.9 Å². The molecule has 0 spiro atoms. The summed E-state index contributed by atoms with van der Waals surface area (Å²) in [5.74, 6) is 0.473. The molecule has 0 N–H and O–H groups in total. The minimum Gasteiger partial charge on any atom is -0.284 e. The zero-order valence-corrected chi connectivity index (χ0v) is 14.2.